The molecule has 1 aliphatic carbocycles. The van der Waals surface area contributed by atoms with Crippen molar-refractivity contribution in [3.63, 3.8) is 0 Å². The maximum atomic E-state index is 9.82. The number of rotatable bonds is 3. The summed E-state index contributed by atoms with van der Waals surface area (Å²) in [5, 5.41) is 10.3. The molecule has 0 amide bonds. The maximum Gasteiger partial charge on any atom is 0.189 e. The van der Waals surface area contributed by atoms with Gasteiger partial charge in [-0.25, -0.2) is 4.98 Å². The van der Waals surface area contributed by atoms with Gasteiger partial charge in [-0.3, -0.25) is 0 Å². The number of thioether (sulfide) groups is 1. The number of aliphatic hydroxyl groups is 1. The lowest BCUT2D eigenvalue weighted by Gasteiger charge is -2.26. The summed E-state index contributed by atoms with van der Waals surface area (Å²) in [6.45, 7) is 0. The average Bonchev–Trinajstić information content (AvgIpc) is 2.29. The molecule has 1 aromatic heterocycles. The number of pyridine rings is 1. The monoisotopic (exact) mass is 259 g/mol. The highest BCUT2D eigenvalue weighted by atomic mass is 35.5. The van der Waals surface area contributed by atoms with Crippen LogP contribution in [0.25, 0.3) is 0 Å². The summed E-state index contributed by atoms with van der Waals surface area (Å²) in [5.41, 5.74) is 1.24. The van der Waals surface area contributed by atoms with Crippen molar-refractivity contribution in [1.82, 2.24) is 0 Å². The van der Waals surface area contributed by atoms with Crippen LogP contribution in [0.4, 0.5) is 0 Å². The van der Waals surface area contributed by atoms with Gasteiger partial charge in [0.2, 0.25) is 0 Å². The predicted molar refractivity (Wildman–Crippen MR) is 62.6 cm³/mol. The van der Waals surface area contributed by atoms with Gasteiger partial charge in [0, 0.05) is 17.4 Å². The molecule has 90 valence electrons. The van der Waals surface area contributed by atoms with Crippen molar-refractivity contribution in [2.45, 2.75) is 42.8 Å². The van der Waals surface area contributed by atoms with Crippen molar-refractivity contribution >= 4 is 11.8 Å². The van der Waals surface area contributed by atoms with Gasteiger partial charge in [-0.2, -0.15) is 0 Å². The van der Waals surface area contributed by atoms with Crippen LogP contribution in [-0.4, -0.2) is 16.5 Å². The van der Waals surface area contributed by atoms with Crippen LogP contribution in [0.5, 0.6) is 0 Å². The van der Waals surface area contributed by atoms with E-state index < -0.39 is 0 Å². The van der Waals surface area contributed by atoms with Crippen molar-refractivity contribution in [3.05, 3.63) is 30.1 Å². The normalized spacial score (nSPS) is 24.8. The number of H-pyrrole nitrogens is 1. The molecule has 0 radical (unpaired) electrons. The standard InChI is InChI=1S/C12H17NOS.ClH/c14-11-6-1-2-7-12(11)15-9-10-5-3-4-8-13-10;/h3-5,8,11-12,14H,1-2,6-7,9H2;1H. The summed E-state index contributed by atoms with van der Waals surface area (Å²) in [6, 6.07) is 6.13. The zero-order chi connectivity index (χ0) is 10.5. The van der Waals surface area contributed by atoms with Gasteiger partial charge in [0.15, 0.2) is 11.9 Å². The molecule has 2 unspecified atom stereocenters. The Morgan fingerprint density at radius 1 is 1.31 bits per heavy atom. The lowest BCUT2D eigenvalue weighted by atomic mass is 9.97. The van der Waals surface area contributed by atoms with Gasteiger partial charge in [-0.05, 0) is 12.8 Å². The highest BCUT2D eigenvalue weighted by Gasteiger charge is 2.23. The van der Waals surface area contributed by atoms with E-state index >= 15 is 0 Å². The zero-order valence-corrected chi connectivity index (χ0v) is 10.8. The molecule has 1 saturated carbocycles. The first-order valence-corrected chi connectivity index (χ1v) is 6.66. The zero-order valence-electron chi connectivity index (χ0n) is 9.23. The number of hydrogen-bond donors (Lipinski definition) is 1. The van der Waals surface area contributed by atoms with Crippen molar-refractivity contribution < 1.29 is 22.5 Å². The van der Waals surface area contributed by atoms with E-state index in [1.54, 1.807) is 0 Å². The fourth-order valence-corrected chi connectivity index (χ4v) is 3.25. The average molecular weight is 260 g/mol. The molecule has 2 rings (SSSR count). The Bertz CT molecular complexity index is 296. The number of halogens is 1. The van der Waals surface area contributed by atoms with E-state index in [2.05, 4.69) is 11.1 Å². The van der Waals surface area contributed by atoms with Crippen molar-refractivity contribution in [2.75, 3.05) is 0 Å². The van der Waals surface area contributed by atoms with Gasteiger partial charge in [0.1, 0.15) is 0 Å². The van der Waals surface area contributed by atoms with Crippen LogP contribution in [0.2, 0.25) is 0 Å². The van der Waals surface area contributed by atoms with Crippen LogP contribution in [0.1, 0.15) is 31.4 Å². The second-order valence-electron chi connectivity index (χ2n) is 4.09. The third-order valence-electron chi connectivity index (χ3n) is 2.89. The van der Waals surface area contributed by atoms with Crippen LogP contribution in [0.15, 0.2) is 24.4 Å². The van der Waals surface area contributed by atoms with Gasteiger partial charge in [-0.1, -0.05) is 18.9 Å². The fourth-order valence-electron chi connectivity index (χ4n) is 1.99. The fraction of sp³-hybridized carbons (Fsp3) is 0.583. The van der Waals surface area contributed by atoms with Crippen molar-refractivity contribution in [2.24, 2.45) is 0 Å². The second-order valence-corrected chi connectivity index (χ2v) is 5.32. The maximum absolute atomic E-state index is 9.82. The number of nitrogens with one attached hydrogen (secondary N) is 1. The summed E-state index contributed by atoms with van der Waals surface area (Å²) in [4.78, 5) is 3.22. The van der Waals surface area contributed by atoms with Crippen LogP contribution in [0, 0.1) is 0 Å². The van der Waals surface area contributed by atoms with Crippen molar-refractivity contribution in [3.8, 4) is 0 Å². The van der Waals surface area contributed by atoms with Crippen molar-refractivity contribution in [1.29, 1.82) is 0 Å². The molecule has 4 heteroatoms. The van der Waals surface area contributed by atoms with Crippen LogP contribution >= 0.6 is 11.8 Å². The number of aromatic nitrogens is 1. The number of hydrogen-bond acceptors (Lipinski definition) is 2. The van der Waals surface area contributed by atoms with Gasteiger partial charge in [0.25, 0.3) is 0 Å². The summed E-state index contributed by atoms with van der Waals surface area (Å²) < 4.78 is 0. The Morgan fingerprint density at radius 2 is 2.12 bits per heavy atom. The summed E-state index contributed by atoms with van der Waals surface area (Å²) in [7, 11) is 0. The van der Waals surface area contributed by atoms with E-state index in [1.165, 1.54) is 25.0 Å². The van der Waals surface area contributed by atoms with Crippen LogP contribution < -0.4 is 17.4 Å². The second kappa shape index (κ2) is 7.15. The molecular weight excluding hydrogens is 242 g/mol. The van der Waals surface area contributed by atoms with Gasteiger partial charge in [0.05, 0.1) is 11.9 Å². The molecule has 0 aliphatic heterocycles. The SMILES string of the molecule is OC1CCCCC1SCc1cccc[nH+]1.[Cl-]. The van der Waals surface area contributed by atoms with Crippen LogP contribution in [0.3, 0.4) is 0 Å². The minimum Gasteiger partial charge on any atom is -1.00 e. The van der Waals surface area contributed by atoms with E-state index in [-0.39, 0.29) is 18.5 Å². The topological polar surface area (TPSA) is 34.4 Å². The molecule has 0 saturated heterocycles. The molecule has 0 bridgehead atoms. The van der Waals surface area contributed by atoms with Gasteiger partial charge >= 0.3 is 0 Å². The summed E-state index contributed by atoms with van der Waals surface area (Å²) in [5.74, 6) is 0.975. The van der Waals surface area contributed by atoms with E-state index in [0.717, 1.165) is 12.2 Å². The molecular formula is C12H18ClNOS. The molecule has 2 nitrogen and oxygen atoms in total. The van der Waals surface area contributed by atoms with E-state index in [0.29, 0.717) is 5.25 Å². The summed E-state index contributed by atoms with van der Waals surface area (Å²) in [6.07, 6.45) is 6.47. The molecule has 2 atom stereocenters. The highest BCUT2D eigenvalue weighted by molar-refractivity contribution is 7.99. The molecule has 1 aromatic rings. The minimum atomic E-state index is -0.0903. The Balaban J connectivity index is 0.00000128. The minimum absolute atomic E-state index is 0. The molecule has 1 fully saturated rings. The smallest absolute Gasteiger partial charge is 0.189 e. The number of aromatic amines is 1. The molecule has 1 heterocycles. The van der Waals surface area contributed by atoms with Crippen LogP contribution in [-0.2, 0) is 5.75 Å². The first-order valence-electron chi connectivity index (χ1n) is 5.61. The molecule has 0 aromatic carbocycles. The summed E-state index contributed by atoms with van der Waals surface area (Å²) >= 11 is 1.88. The highest BCUT2D eigenvalue weighted by Crippen LogP contribution is 2.30. The molecule has 1 aliphatic rings. The van der Waals surface area contributed by atoms with E-state index in [9.17, 15) is 5.11 Å². The lowest BCUT2D eigenvalue weighted by molar-refractivity contribution is -0.388. The molecule has 2 N–H and O–H groups in total. The first kappa shape index (κ1) is 13.8. The Labute approximate surface area is 107 Å². The Kier molecular flexibility index (Phi) is 6.17. The van der Waals surface area contributed by atoms with Gasteiger partial charge in [-0.15, -0.1) is 11.8 Å². The Morgan fingerprint density at radius 3 is 2.81 bits per heavy atom. The quantitative estimate of drug-likeness (QED) is 0.759. The predicted octanol–water partition coefficient (Wildman–Crippen LogP) is -0.959. The van der Waals surface area contributed by atoms with E-state index in [1.807, 2.05) is 30.1 Å². The Hall–Kier alpha value is -0.250. The first-order chi connectivity index (χ1) is 7.36. The van der Waals surface area contributed by atoms with Gasteiger partial charge < -0.3 is 17.5 Å². The largest absolute Gasteiger partial charge is 1.00 e. The molecule has 0 spiro atoms. The third kappa shape index (κ3) is 3.96. The van der Waals surface area contributed by atoms with E-state index in [4.69, 9.17) is 0 Å². The number of aliphatic hydroxyl groups excluding tert-OH is 1. The third-order valence-corrected chi connectivity index (χ3v) is 4.35. The molecule has 16 heavy (non-hydrogen) atoms. The lowest BCUT2D eigenvalue weighted by Crippen LogP contribution is -3.00.